The molecule has 0 fully saturated rings. The van der Waals surface area contributed by atoms with E-state index in [1.807, 2.05) is 19.9 Å². The molecule has 0 bridgehead atoms. The number of rotatable bonds is 5. The Morgan fingerprint density at radius 3 is 2.65 bits per heavy atom. The molecule has 2 heterocycles. The summed E-state index contributed by atoms with van der Waals surface area (Å²) in [6.07, 6.45) is 1.47. The molecule has 0 atom stereocenters. The summed E-state index contributed by atoms with van der Waals surface area (Å²) in [7, 11) is -1.82. The van der Waals surface area contributed by atoms with Crippen molar-refractivity contribution in [1.82, 2.24) is 9.71 Å². The Labute approximate surface area is 123 Å². The summed E-state index contributed by atoms with van der Waals surface area (Å²) >= 11 is 1.61. The van der Waals surface area contributed by atoms with E-state index < -0.39 is 10.0 Å². The van der Waals surface area contributed by atoms with Crippen LogP contribution in [0.15, 0.2) is 29.3 Å². The summed E-state index contributed by atoms with van der Waals surface area (Å²) in [6.45, 7) is 4.35. The fourth-order valence-corrected chi connectivity index (χ4v) is 3.80. The third-order valence-electron chi connectivity index (χ3n) is 2.95. The second-order valence-electron chi connectivity index (χ2n) is 4.40. The van der Waals surface area contributed by atoms with Crippen LogP contribution in [0.5, 0.6) is 0 Å². The molecule has 108 valence electrons. The molecule has 0 radical (unpaired) electrons. The van der Waals surface area contributed by atoms with Crippen molar-refractivity contribution in [2.75, 3.05) is 12.4 Å². The van der Waals surface area contributed by atoms with Gasteiger partial charge in [0.1, 0.15) is 5.82 Å². The standard InChI is InChI=1S/C13H17N3O2S2/c1-9-6-11(19-10(9)2)8-16-20(17,18)12-4-5-15-13(7-12)14-3/h4-7,16H,8H2,1-3H3,(H,14,15). The van der Waals surface area contributed by atoms with Gasteiger partial charge in [0.25, 0.3) is 0 Å². The molecule has 0 saturated heterocycles. The average Bonchev–Trinajstić information content (AvgIpc) is 2.76. The van der Waals surface area contributed by atoms with Gasteiger partial charge in [-0.3, -0.25) is 0 Å². The molecule has 2 aromatic heterocycles. The van der Waals surface area contributed by atoms with Crippen molar-refractivity contribution in [2.45, 2.75) is 25.3 Å². The number of pyridine rings is 1. The minimum absolute atomic E-state index is 0.210. The number of hydrogen-bond donors (Lipinski definition) is 2. The number of sulfonamides is 1. The fourth-order valence-electron chi connectivity index (χ4n) is 1.70. The third kappa shape index (κ3) is 3.36. The maximum atomic E-state index is 12.2. The minimum atomic E-state index is -3.52. The van der Waals surface area contributed by atoms with Gasteiger partial charge in [0.15, 0.2) is 0 Å². The number of aryl methyl sites for hydroxylation is 2. The van der Waals surface area contributed by atoms with Crippen LogP contribution in [0.2, 0.25) is 0 Å². The number of thiophene rings is 1. The molecule has 2 rings (SSSR count). The Kier molecular flexibility index (Phi) is 4.42. The first-order valence-electron chi connectivity index (χ1n) is 6.12. The minimum Gasteiger partial charge on any atom is -0.373 e. The van der Waals surface area contributed by atoms with E-state index in [4.69, 9.17) is 0 Å². The molecule has 0 aromatic carbocycles. The quantitative estimate of drug-likeness (QED) is 0.888. The lowest BCUT2D eigenvalue weighted by Crippen LogP contribution is -2.23. The van der Waals surface area contributed by atoms with Gasteiger partial charge in [-0.25, -0.2) is 18.1 Å². The van der Waals surface area contributed by atoms with Gasteiger partial charge in [-0.15, -0.1) is 11.3 Å². The second kappa shape index (κ2) is 5.90. The molecule has 0 saturated carbocycles. The van der Waals surface area contributed by atoms with Crippen LogP contribution < -0.4 is 10.0 Å². The number of anilines is 1. The number of nitrogens with zero attached hydrogens (tertiary/aromatic N) is 1. The van der Waals surface area contributed by atoms with Gasteiger partial charge in [-0.05, 0) is 31.5 Å². The Morgan fingerprint density at radius 1 is 1.30 bits per heavy atom. The highest BCUT2D eigenvalue weighted by molar-refractivity contribution is 7.89. The third-order valence-corrected chi connectivity index (χ3v) is 5.50. The summed E-state index contributed by atoms with van der Waals surface area (Å²) in [5.74, 6) is 0.524. The zero-order valence-corrected chi connectivity index (χ0v) is 13.2. The predicted molar refractivity (Wildman–Crippen MR) is 81.6 cm³/mol. The lowest BCUT2D eigenvalue weighted by molar-refractivity contribution is 0.581. The van der Waals surface area contributed by atoms with Crippen molar-refractivity contribution in [2.24, 2.45) is 0 Å². The van der Waals surface area contributed by atoms with Gasteiger partial charge in [0.05, 0.1) is 4.90 Å². The van der Waals surface area contributed by atoms with Crippen LogP contribution in [0, 0.1) is 13.8 Å². The van der Waals surface area contributed by atoms with Crippen LogP contribution in [0.3, 0.4) is 0 Å². The van der Waals surface area contributed by atoms with Gasteiger partial charge in [0, 0.05) is 35.6 Å². The molecule has 0 aliphatic heterocycles. The Hall–Kier alpha value is -1.44. The molecular formula is C13H17N3O2S2. The lowest BCUT2D eigenvalue weighted by Gasteiger charge is -2.07. The molecule has 7 heteroatoms. The highest BCUT2D eigenvalue weighted by Gasteiger charge is 2.15. The molecule has 2 aromatic rings. The van der Waals surface area contributed by atoms with Crippen LogP contribution in [0.1, 0.15) is 15.3 Å². The summed E-state index contributed by atoms with van der Waals surface area (Å²) in [5.41, 5.74) is 1.19. The topological polar surface area (TPSA) is 71.1 Å². The summed E-state index contributed by atoms with van der Waals surface area (Å²) in [5, 5.41) is 2.82. The summed E-state index contributed by atoms with van der Waals surface area (Å²) in [4.78, 5) is 6.43. The molecule has 0 aliphatic carbocycles. The largest absolute Gasteiger partial charge is 0.373 e. The van der Waals surface area contributed by atoms with Gasteiger partial charge in [-0.2, -0.15) is 0 Å². The summed E-state index contributed by atoms with van der Waals surface area (Å²) in [6, 6.07) is 5.00. The molecule has 0 amide bonds. The highest BCUT2D eigenvalue weighted by Crippen LogP contribution is 2.21. The molecule has 2 N–H and O–H groups in total. The van der Waals surface area contributed by atoms with Crippen molar-refractivity contribution in [3.05, 3.63) is 39.7 Å². The first kappa shape index (κ1) is 15.0. The lowest BCUT2D eigenvalue weighted by atomic mass is 10.3. The second-order valence-corrected chi connectivity index (χ2v) is 7.51. The zero-order chi connectivity index (χ0) is 14.8. The molecule has 0 aliphatic rings. The van der Waals surface area contributed by atoms with Crippen LogP contribution >= 0.6 is 11.3 Å². The van der Waals surface area contributed by atoms with Gasteiger partial charge in [-0.1, -0.05) is 0 Å². The van der Waals surface area contributed by atoms with E-state index in [2.05, 4.69) is 15.0 Å². The Morgan fingerprint density at radius 2 is 2.05 bits per heavy atom. The van der Waals surface area contributed by atoms with Crippen molar-refractivity contribution in [3.63, 3.8) is 0 Å². The normalized spacial score (nSPS) is 11.6. The van der Waals surface area contributed by atoms with E-state index in [0.717, 1.165) is 4.88 Å². The van der Waals surface area contributed by atoms with Gasteiger partial charge < -0.3 is 5.32 Å². The Balaban J connectivity index is 2.14. The van der Waals surface area contributed by atoms with Crippen LogP contribution in [-0.4, -0.2) is 20.4 Å². The van der Waals surface area contributed by atoms with Crippen LogP contribution in [0.25, 0.3) is 0 Å². The van der Waals surface area contributed by atoms with Gasteiger partial charge >= 0.3 is 0 Å². The number of nitrogens with one attached hydrogen (secondary N) is 2. The smallest absolute Gasteiger partial charge is 0.241 e. The molecule has 20 heavy (non-hydrogen) atoms. The van der Waals surface area contributed by atoms with Crippen molar-refractivity contribution < 1.29 is 8.42 Å². The van der Waals surface area contributed by atoms with Gasteiger partial charge in [0.2, 0.25) is 10.0 Å². The van der Waals surface area contributed by atoms with Crippen molar-refractivity contribution >= 4 is 27.2 Å². The van der Waals surface area contributed by atoms with Crippen molar-refractivity contribution in [1.29, 1.82) is 0 Å². The summed E-state index contributed by atoms with van der Waals surface area (Å²) < 4.78 is 27.0. The molecular weight excluding hydrogens is 294 g/mol. The average molecular weight is 311 g/mol. The van der Waals surface area contributed by atoms with E-state index >= 15 is 0 Å². The first-order chi connectivity index (χ1) is 9.42. The van der Waals surface area contributed by atoms with E-state index in [-0.39, 0.29) is 4.90 Å². The van der Waals surface area contributed by atoms with E-state index in [9.17, 15) is 8.42 Å². The van der Waals surface area contributed by atoms with Crippen LogP contribution in [0.4, 0.5) is 5.82 Å². The zero-order valence-electron chi connectivity index (χ0n) is 11.6. The molecule has 0 spiro atoms. The van der Waals surface area contributed by atoms with Crippen LogP contribution in [-0.2, 0) is 16.6 Å². The Bertz CT molecular complexity index is 689. The SMILES string of the molecule is CNc1cc(S(=O)(=O)NCc2cc(C)c(C)s2)ccn1. The fraction of sp³-hybridized carbons (Fsp3) is 0.308. The van der Waals surface area contributed by atoms with E-state index in [1.54, 1.807) is 18.4 Å². The predicted octanol–water partition coefficient (Wildman–Crippen LogP) is 2.28. The monoisotopic (exact) mass is 311 g/mol. The highest BCUT2D eigenvalue weighted by atomic mass is 32.2. The van der Waals surface area contributed by atoms with E-state index in [1.165, 1.54) is 28.8 Å². The molecule has 5 nitrogen and oxygen atoms in total. The van der Waals surface area contributed by atoms with E-state index in [0.29, 0.717) is 12.4 Å². The van der Waals surface area contributed by atoms with Crippen molar-refractivity contribution in [3.8, 4) is 0 Å². The number of aromatic nitrogens is 1. The first-order valence-corrected chi connectivity index (χ1v) is 8.42. The number of hydrogen-bond acceptors (Lipinski definition) is 5. The molecule has 0 unspecified atom stereocenters. The maximum Gasteiger partial charge on any atom is 0.241 e. The maximum absolute atomic E-state index is 12.2.